The molecule has 0 amide bonds. The summed E-state index contributed by atoms with van der Waals surface area (Å²) in [6, 6.07) is 26.9. The molecule has 2 aliphatic heterocycles. The van der Waals surface area contributed by atoms with Gasteiger partial charge in [-0.1, -0.05) is 126 Å². The first-order valence-corrected chi connectivity index (χ1v) is 17.5. The summed E-state index contributed by atoms with van der Waals surface area (Å²) in [5.41, 5.74) is 8.27. The van der Waals surface area contributed by atoms with Crippen molar-refractivity contribution in [3.05, 3.63) is 132 Å². The van der Waals surface area contributed by atoms with Crippen molar-refractivity contribution in [2.24, 2.45) is 0 Å². The van der Waals surface area contributed by atoms with E-state index in [0.717, 1.165) is 13.1 Å². The monoisotopic (exact) mass is 607 g/mol. The number of nitrogens with zero attached hydrogens (tertiary/aromatic N) is 2. The lowest BCUT2D eigenvalue weighted by Crippen LogP contribution is -2.28. The Hall–Kier alpha value is -4.17. The van der Waals surface area contributed by atoms with Crippen LogP contribution in [-0.4, -0.2) is 23.4 Å². The molecule has 0 aromatic heterocycles. The lowest BCUT2D eigenvalue weighted by Gasteiger charge is -2.27. The van der Waals surface area contributed by atoms with Crippen molar-refractivity contribution in [3.8, 4) is 0 Å². The van der Waals surface area contributed by atoms with E-state index >= 15 is 0 Å². The average Bonchev–Trinajstić information content (AvgIpc) is 3.41. The lowest BCUT2D eigenvalue weighted by molar-refractivity contribution is -0.438. The zero-order chi connectivity index (χ0) is 32.3. The highest BCUT2D eigenvalue weighted by atomic mass is 15.2. The van der Waals surface area contributed by atoms with Crippen molar-refractivity contribution in [3.63, 3.8) is 0 Å². The van der Waals surface area contributed by atoms with Crippen LogP contribution in [0.15, 0.2) is 121 Å². The minimum absolute atomic E-state index is 0.0665. The molecule has 4 aromatic rings. The summed E-state index contributed by atoms with van der Waals surface area (Å²) in [4.78, 5) is 2.56. The Kier molecular flexibility index (Phi) is 9.18. The molecule has 46 heavy (non-hydrogen) atoms. The minimum Gasteiger partial charge on any atom is -0.344 e. The number of rotatable bonds is 11. The number of fused-ring (bicyclic) bond motifs is 6. The molecule has 236 valence electrons. The molecule has 0 saturated heterocycles. The molecule has 0 aliphatic carbocycles. The molecule has 2 heterocycles. The van der Waals surface area contributed by atoms with Gasteiger partial charge in [0.25, 0.3) is 0 Å². The summed E-state index contributed by atoms with van der Waals surface area (Å²) in [5.74, 6) is 0. The van der Waals surface area contributed by atoms with Crippen LogP contribution in [0.25, 0.3) is 21.5 Å². The minimum atomic E-state index is -0.0673. The fourth-order valence-electron chi connectivity index (χ4n) is 7.87. The third-order valence-electron chi connectivity index (χ3n) is 10.2. The van der Waals surface area contributed by atoms with E-state index in [-0.39, 0.29) is 10.8 Å². The lowest BCUT2D eigenvalue weighted by atomic mass is 9.79. The van der Waals surface area contributed by atoms with Gasteiger partial charge in [-0.15, -0.1) is 0 Å². The zero-order valence-electron chi connectivity index (χ0n) is 28.8. The predicted octanol–water partition coefficient (Wildman–Crippen LogP) is 11.7. The van der Waals surface area contributed by atoms with E-state index in [0.29, 0.717) is 0 Å². The molecule has 0 fully saturated rings. The molecule has 0 saturated carbocycles. The smallest absolute Gasteiger partial charge is 0.210 e. The maximum absolute atomic E-state index is 2.58. The van der Waals surface area contributed by atoms with E-state index in [1.807, 2.05) is 0 Å². The summed E-state index contributed by atoms with van der Waals surface area (Å²) in [6.45, 7) is 16.2. The largest absolute Gasteiger partial charge is 0.344 e. The van der Waals surface area contributed by atoms with E-state index in [9.17, 15) is 0 Å². The van der Waals surface area contributed by atoms with Gasteiger partial charge in [-0.25, -0.2) is 0 Å². The molecule has 0 bridgehead atoms. The third-order valence-corrected chi connectivity index (χ3v) is 10.2. The molecule has 0 atom stereocenters. The van der Waals surface area contributed by atoms with Crippen LogP contribution in [0.1, 0.15) is 84.8 Å². The number of allylic oxidation sites excluding steroid dienone is 8. The van der Waals surface area contributed by atoms with Gasteiger partial charge in [-0.2, -0.15) is 4.58 Å². The van der Waals surface area contributed by atoms with E-state index in [1.54, 1.807) is 0 Å². The van der Waals surface area contributed by atoms with Crippen LogP contribution in [0.2, 0.25) is 0 Å². The number of hydrogen-bond donors (Lipinski definition) is 0. The maximum atomic E-state index is 2.58. The van der Waals surface area contributed by atoms with E-state index < -0.39 is 0 Å². The van der Waals surface area contributed by atoms with E-state index in [1.165, 1.54) is 87.6 Å². The van der Waals surface area contributed by atoms with Crippen molar-refractivity contribution < 1.29 is 4.58 Å². The summed E-state index contributed by atoms with van der Waals surface area (Å²) in [7, 11) is 0. The Bertz CT molecular complexity index is 1890. The number of hydrogen-bond acceptors (Lipinski definition) is 1. The van der Waals surface area contributed by atoms with Crippen LogP contribution < -0.4 is 4.90 Å². The molecule has 0 spiro atoms. The van der Waals surface area contributed by atoms with Gasteiger partial charge in [0.05, 0.1) is 5.41 Å². The normalized spacial score (nSPS) is 18.0. The highest BCUT2D eigenvalue weighted by Crippen LogP contribution is 2.51. The zero-order valence-corrected chi connectivity index (χ0v) is 28.8. The van der Waals surface area contributed by atoms with Gasteiger partial charge in [0.1, 0.15) is 6.54 Å². The number of benzene rings is 4. The Balaban J connectivity index is 1.26. The predicted molar refractivity (Wildman–Crippen MR) is 201 cm³/mol. The van der Waals surface area contributed by atoms with Gasteiger partial charge < -0.3 is 4.90 Å². The first-order chi connectivity index (χ1) is 22.3. The van der Waals surface area contributed by atoms with Gasteiger partial charge in [-0.3, -0.25) is 0 Å². The van der Waals surface area contributed by atoms with Crippen molar-refractivity contribution >= 4 is 38.6 Å². The average molecular weight is 608 g/mol. The van der Waals surface area contributed by atoms with Gasteiger partial charge in [0.2, 0.25) is 5.69 Å². The Morgan fingerprint density at radius 1 is 0.630 bits per heavy atom. The number of unbranched alkanes of at least 4 members (excludes halogenated alkanes) is 3. The fourth-order valence-corrected chi connectivity index (χ4v) is 7.87. The molecule has 0 unspecified atom stereocenters. The molecular weight excluding hydrogens is 556 g/mol. The molecule has 2 nitrogen and oxygen atoms in total. The Morgan fingerprint density at radius 2 is 1.26 bits per heavy atom. The van der Waals surface area contributed by atoms with Gasteiger partial charge in [-0.05, 0) is 72.0 Å². The second-order valence-electron chi connectivity index (χ2n) is 14.0. The van der Waals surface area contributed by atoms with Crippen LogP contribution in [0.3, 0.4) is 0 Å². The second kappa shape index (κ2) is 13.3. The van der Waals surface area contributed by atoms with Crippen molar-refractivity contribution in [2.45, 2.75) is 84.5 Å². The van der Waals surface area contributed by atoms with Crippen LogP contribution in [0, 0.1) is 0 Å². The number of anilines is 1. The van der Waals surface area contributed by atoms with Crippen LogP contribution in [-0.2, 0) is 10.8 Å². The molecule has 4 aromatic carbocycles. The van der Waals surface area contributed by atoms with Gasteiger partial charge in [0, 0.05) is 47.5 Å². The standard InChI is InChI=1S/C44H51N2/c1-7-9-20-32-46-38-30-28-34-22-17-19-24-36(34)42(38)44(5,6)40(46)26-15-13-11-12-14-25-39-43(3,4)41-35-23-18-16-21-33(35)27-29-37(41)45(39)31-10-8-2/h11-19,21-30H,7-10,20,31-32H2,1-6H3/q+1. The maximum Gasteiger partial charge on any atom is 0.210 e. The molecule has 0 radical (unpaired) electrons. The highest BCUT2D eigenvalue weighted by molar-refractivity contribution is 6.07. The van der Waals surface area contributed by atoms with E-state index in [2.05, 4.69) is 166 Å². The van der Waals surface area contributed by atoms with Crippen LogP contribution >= 0.6 is 0 Å². The summed E-state index contributed by atoms with van der Waals surface area (Å²) < 4.78 is 2.58. The van der Waals surface area contributed by atoms with Crippen LogP contribution in [0.4, 0.5) is 11.4 Å². The van der Waals surface area contributed by atoms with Crippen molar-refractivity contribution in [1.82, 2.24) is 0 Å². The Labute approximate surface area is 277 Å². The quantitative estimate of drug-likeness (QED) is 0.0934. The summed E-state index contributed by atoms with van der Waals surface area (Å²) in [6.07, 6.45) is 21.7. The van der Waals surface area contributed by atoms with Crippen molar-refractivity contribution in [1.29, 1.82) is 0 Å². The van der Waals surface area contributed by atoms with Gasteiger partial charge in [0.15, 0.2) is 5.71 Å². The first kappa shape index (κ1) is 31.8. The molecule has 6 rings (SSSR count). The second-order valence-corrected chi connectivity index (χ2v) is 14.0. The topological polar surface area (TPSA) is 6.25 Å². The molecule has 2 aliphatic rings. The fraction of sp³-hybridized carbons (Fsp3) is 0.341. The summed E-state index contributed by atoms with van der Waals surface area (Å²) >= 11 is 0. The summed E-state index contributed by atoms with van der Waals surface area (Å²) in [5, 5.41) is 5.38. The first-order valence-electron chi connectivity index (χ1n) is 17.5. The third kappa shape index (κ3) is 5.68. The van der Waals surface area contributed by atoms with E-state index in [4.69, 9.17) is 0 Å². The van der Waals surface area contributed by atoms with Gasteiger partial charge >= 0.3 is 0 Å². The SMILES string of the molecule is CCCCC[N+]1=C(/C=C/C=C/C=C/C=C2/N(CCCC)c3ccc4ccccc4c3C2(C)C)C(C)(C)c2c1ccc1ccccc21. The Morgan fingerprint density at radius 3 is 1.98 bits per heavy atom. The molecule has 0 N–H and O–H groups in total. The van der Waals surface area contributed by atoms with Crippen molar-refractivity contribution in [2.75, 3.05) is 18.0 Å². The van der Waals surface area contributed by atoms with Crippen LogP contribution in [0.5, 0.6) is 0 Å². The molecular formula is C44H51N2+. The molecule has 2 heteroatoms. The highest BCUT2D eigenvalue weighted by Gasteiger charge is 2.45.